The van der Waals surface area contributed by atoms with Gasteiger partial charge >= 0.3 is 0 Å². The van der Waals surface area contributed by atoms with Crippen LogP contribution in [0.5, 0.6) is 0 Å². The Balaban J connectivity index is 2.64. The third-order valence-electron chi connectivity index (χ3n) is 3.79. The predicted octanol–water partition coefficient (Wildman–Crippen LogP) is 3.35. The van der Waals surface area contributed by atoms with Crippen molar-refractivity contribution >= 4 is 5.91 Å². The molecule has 3 heteroatoms. The zero-order chi connectivity index (χ0) is 15.8. The molecule has 1 amide bonds. The summed E-state index contributed by atoms with van der Waals surface area (Å²) < 4.78 is 0. The number of amides is 1. The number of benzene rings is 1. The van der Waals surface area contributed by atoms with Crippen LogP contribution in [-0.2, 0) is 11.3 Å². The maximum atomic E-state index is 12.5. The van der Waals surface area contributed by atoms with Crippen LogP contribution in [-0.4, -0.2) is 23.9 Å². The first-order valence-corrected chi connectivity index (χ1v) is 7.99. The van der Waals surface area contributed by atoms with Crippen LogP contribution in [0.4, 0.5) is 0 Å². The Labute approximate surface area is 129 Å². The molecule has 0 aliphatic carbocycles. The number of hydrogen-bond donors (Lipinski definition) is 1. The first-order valence-electron chi connectivity index (χ1n) is 7.99. The van der Waals surface area contributed by atoms with Crippen LogP contribution in [0.3, 0.4) is 0 Å². The molecule has 2 N–H and O–H groups in total. The van der Waals surface area contributed by atoms with E-state index >= 15 is 0 Å². The molecule has 0 spiro atoms. The molecule has 0 saturated carbocycles. The van der Waals surface area contributed by atoms with Gasteiger partial charge in [0.1, 0.15) is 0 Å². The molecule has 3 nitrogen and oxygen atoms in total. The average molecular weight is 290 g/mol. The Morgan fingerprint density at radius 2 is 2.05 bits per heavy atom. The van der Waals surface area contributed by atoms with Gasteiger partial charge in [-0.1, -0.05) is 43.7 Å². The number of nitrogens with two attached hydrogens (primary N) is 1. The number of carbonyl (C=O) groups is 1. The van der Waals surface area contributed by atoms with Crippen LogP contribution in [0, 0.1) is 18.8 Å². The van der Waals surface area contributed by atoms with Crippen LogP contribution in [0.1, 0.15) is 44.7 Å². The first kappa shape index (κ1) is 17.7. The molecule has 1 atom stereocenters. The van der Waals surface area contributed by atoms with Crippen molar-refractivity contribution < 1.29 is 4.79 Å². The van der Waals surface area contributed by atoms with Gasteiger partial charge in [0.2, 0.25) is 5.91 Å². The van der Waals surface area contributed by atoms with Gasteiger partial charge in [0.15, 0.2) is 0 Å². The first-order chi connectivity index (χ1) is 9.96. The van der Waals surface area contributed by atoms with Crippen molar-refractivity contribution in [2.75, 3.05) is 13.1 Å². The number of rotatable bonds is 8. The van der Waals surface area contributed by atoms with Gasteiger partial charge in [-0.05, 0) is 44.2 Å². The van der Waals surface area contributed by atoms with Crippen molar-refractivity contribution in [3.8, 4) is 0 Å². The minimum Gasteiger partial charge on any atom is -0.339 e. The summed E-state index contributed by atoms with van der Waals surface area (Å²) in [5.41, 5.74) is 8.24. The summed E-state index contributed by atoms with van der Waals surface area (Å²) in [7, 11) is 0. The van der Waals surface area contributed by atoms with Crippen LogP contribution >= 0.6 is 0 Å². The van der Waals surface area contributed by atoms with Crippen LogP contribution < -0.4 is 5.73 Å². The van der Waals surface area contributed by atoms with Gasteiger partial charge in [-0.2, -0.15) is 0 Å². The lowest BCUT2D eigenvalue weighted by Gasteiger charge is -2.24. The van der Waals surface area contributed by atoms with Gasteiger partial charge in [0, 0.05) is 19.5 Å². The highest BCUT2D eigenvalue weighted by atomic mass is 16.2. The Morgan fingerprint density at radius 3 is 2.57 bits per heavy atom. The topological polar surface area (TPSA) is 46.3 Å². The lowest BCUT2D eigenvalue weighted by atomic mass is 9.93. The minimum absolute atomic E-state index is 0.218. The lowest BCUT2D eigenvalue weighted by molar-refractivity contribution is -0.132. The van der Waals surface area contributed by atoms with Crippen molar-refractivity contribution in [1.82, 2.24) is 4.90 Å². The van der Waals surface area contributed by atoms with Crippen molar-refractivity contribution in [2.24, 2.45) is 17.6 Å². The second kappa shape index (κ2) is 8.83. The van der Waals surface area contributed by atoms with E-state index in [1.54, 1.807) is 0 Å². The lowest BCUT2D eigenvalue weighted by Crippen LogP contribution is -2.33. The van der Waals surface area contributed by atoms with Gasteiger partial charge in [-0.25, -0.2) is 0 Å². The SMILES string of the molecule is CCN(Cc1cccc(C)c1)C(=O)C[C@@H](CN)CC(C)C. The fourth-order valence-electron chi connectivity index (χ4n) is 2.71. The van der Waals surface area contributed by atoms with Crippen molar-refractivity contribution in [2.45, 2.75) is 47.1 Å². The molecule has 0 bridgehead atoms. The van der Waals surface area contributed by atoms with E-state index in [0.29, 0.717) is 31.3 Å². The number of nitrogens with zero attached hydrogens (tertiary/aromatic N) is 1. The number of carbonyl (C=O) groups excluding carboxylic acids is 1. The molecule has 0 unspecified atom stereocenters. The predicted molar refractivity (Wildman–Crippen MR) is 88.9 cm³/mol. The molecule has 0 fully saturated rings. The highest BCUT2D eigenvalue weighted by molar-refractivity contribution is 5.76. The second-order valence-electron chi connectivity index (χ2n) is 6.33. The van der Waals surface area contributed by atoms with E-state index in [0.717, 1.165) is 13.0 Å². The monoisotopic (exact) mass is 290 g/mol. The highest BCUT2D eigenvalue weighted by Gasteiger charge is 2.18. The van der Waals surface area contributed by atoms with Crippen molar-refractivity contribution in [3.63, 3.8) is 0 Å². The third-order valence-corrected chi connectivity index (χ3v) is 3.79. The Bertz CT molecular complexity index is 443. The highest BCUT2D eigenvalue weighted by Crippen LogP contribution is 2.17. The summed E-state index contributed by atoms with van der Waals surface area (Å²) in [5, 5.41) is 0. The molecule has 0 saturated heterocycles. The maximum absolute atomic E-state index is 12.5. The third kappa shape index (κ3) is 6.30. The van der Waals surface area contributed by atoms with Crippen LogP contribution in [0.15, 0.2) is 24.3 Å². The molecule has 0 heterocycles. The molecule has 1 aromatic rings. The van der Waals surface area contributed by atoms with Gasteiger partial charge in [0.25, 0.3) is 0 Å². The minimum atomic E-state index is 0.218. The van der Waals surface area contributed by atoms with Crippen molar-refractivity contribution in [3.05, 3.63) is 35.4 Å². The zero-order valence-corrected chi connectivity index (χ0v) is 13.9. The zero-order valence-electron chi connectivity index (χ0n) is 13.9. The summed E-state index contributed by atoms with van der Waals surface area (Å²) in [6.45, 7) is 10.5. The fourth-order valence-corrected chi connectivity index (χ4v) is 2.71. The molecule has 118 valence electrons. The summed E-state index contributed by atoms with van der Waals surface area (Å²) in [5.74, 6) is 1.09. The second-order valence-corrected chi connectivity index (χ2v) is 6.33. The summed E-state index contributed by atoms with van der Waals surface area (Å²) in [6, 6.07) is 8.35. The van der Waals surface area contributed by atoms with Crippen LogP contribution in [0.25, 0.3) is 0 Å². The van der Waals surface area contributed by atoms with E-state index in [1.807, 2.05) is 17.9 Å². The van der Waals surface area contributed by atoms with Gasteiger partial charge < -0.3 is 10.6 Å². The molecule has 0 aliphatic rings. The standard InChI is InChI=1S/C18H30N2O/c1-5-20(13-16-8-6-7-15(4)10-16)18(21)11-17(12-19)9-14(2)3/h6-8,10,14,17H,5,9,11-13,19H2,1-4H3/t17-/m0/s1. The molecular weight excluding hydrogens is 260 g/mol. The molecule has 1 aromatic carbocycles. The fraction of sp³-hybridized carbons (Fsp3) is 0.611. The summed E-state index contributed by atoms with van der Waals surface area (Å²) >= 11 is 0. The molecule has 0 radical (unpaired) electrons. The van der Waals surface area contributed by atoms with E-state index in [2.05, 4.69) is 39.0 Å². The van der Waals surface area contributed by atoms with E-state index in [1.165, 1.54) is 11.1 Å². The molecule has 0 aliphatic heterocycles. The Kier molecular flexibility index (Phi) is 7.44. The Hall–Kier alpha value is -1.35. The quantitative estimate of drug-likeness (QED) is 0.798. The molecule has 21 heavy (non-hydrogen) atoms. The normalized spacial score (nSPS) is 12.5. The Morgan fingerprint density at radius 1 is 1.33 bits per heavy atom. The smallest absolute Gasteiger partial charge is 0.223 e. The van der Waals surface area contributed by atoms with Crippen LogP contribution in [0.2, 0.25) is 0 Å². The number of hydrogen-bond acceptors (Lipinski definition) is 2. The molecular formula is C18H30N2O. The summed E-state index contributed by atoms with van der Waals surface area (Å²) in [4.78, 5) is 14.4. The van der Waals surface area contributed by atoms with E-state index in [9.17, 15) is 4.79 Å². The van der Waals surface area contributed by atoms with Gasteiger partial charge in [-0.3, -0.25) is 4.79 Å². The number of aryl methyl sites for hydroxylation is 1. The maximum Gasteiger partial charge on any atom is 0.223 e. The summed E-state index contributed by atoms with van der Waals surface area (Å²) in [6.07, 6.45) is 1.58. The largest absolute Gasteiger partial charge is 0.339 e. The van der Waals surface area contributed by atoms with Gasteiger partial charge in [-0.15, -0.1) is 0 Å². The van der Waals surface area contributed by atoms with E-state index in [4.69, 9.17) is 5.73 Å². The van der Waals surface area contributed by atoms with E-state index < -0.39 is 0 Å². The van der Waals surface area contributed by atoms with E-state index in [-0.39, 0.29) is 5.91 Å². The van der Waals surface area contributed by atoms with Crippen molar-refractivity contribution in [1.29, 1.82) is 0 Å². The molecule has 1 rings (SSSR count). The average Bonchev–Trinajstić information content (AvgIpc) is 2.43. The molecule has 0 aromatic heterocycles. The van der Waals surface area contributed by atoms with Gasteiger partial charge in [0.05, 0.1) is 0 Å².